The quantitative estimate of drug-likeness (QED) is 0.622. The third-order valence-corrected chi connectivity index (χ3v) is 3.94. The average Bonchev–Trinajstić information content (AvgIpc) is 3.18. The SMILES string of the molecule is O=C(NC(COCc1ccccc1)C(=O)O)c1ccc(-c2cccc(F)c2)o1. The molecule has 144 valence electrons. The van der Waals surface area contributed by atoms with Gasteiger partial charge in [-0.2, -0.15) is 0 Å². The van der Waals surface area contributed by atoms with Gasteiger partial charge in [-0.25, -0.2) is 9.18 Å². The molecule has 0 aliphatic rings. The van der Waals surface area contributed by atoms with Gasteiger partial charge in [0.25, 0.3) is 5.91 Å². The van der Waals surface area contributed by atoms with Crippen LogP contribution in [-0.4, -0.2) is 29.6 Å². The van der Waals surface area contributed by atoms with Crippen molar-refractivity contribution < 1.29 is 28.2 Å². The number of aliphatic carboxylic acids is 1. The van der Waals surface area contributed by atoms with Crippen LogP contribution in [-0.2, 0) is 16.1 Å². The van der Waals surface area contributed by atoms with Gasteiger partial charge in [0.05, 0.1) is 13.2 Å². The Kier molecular flexibility index (Phi) is 6.18. The van der Waals surface area contributed by atoms with Gasteiger partial charge >= 0.3 is 5.97 Å². The van der Waals surface area contributed by atoms with Crippen molar-refractivity contribution in [2.45, 2.75) is 12.6 Å². The Hall–Kier alpha value is -3.45. The van der Waals surface area contributed by atoms with E-state index in [2.05, 4.69) is 5.32 Å². The Morgan fingerprint density at radius 1 is 1.07 bits per heavy atom. The number of carboxylic acid groups (broad SMARTS) is 1. The number of carboxylic acids is 1. The topological polar surface area (TPSA) is 88.8 Å². The van der Waals surface area contributed by atoms with E-state index < -0.39 is 23.7 Å². The predicted octanol–water partition coefficient (Wildman–Crippen LogP) is 3.49. The number of furan rings is 1. The Balaban J connectivity index is 1.60. The van der Waals surface area contributed by atoms with Gasteiger partial charge in [0.15, 0.2) is 11.8 Å². The van der Waals surface area contributed by atoms with Crippen LogP contribution < -0.4 is 5.32 Å². The lowest BCUT2D eigenvalue weighted by atomic mass is 10.2. The molecule has 3 rings (SSSR count). The highest BCUT2D eigenvalue weighted by Gasteiger charge is 2.23. The lowest BCUT2D eigenvalue weighted by molar-refractivity contribution is -0.141. The van der Waals surface area contributed by atoms with Crippen LogP contribution in [0.1, 0.15) is 16.1 Å². The minimum absolute atomic E-state index is 0.0754. The minimum Gasteiger partial charge on any atom is -0.480 e. The molecule has 0 aliphatic heterocycles. The molecule has 0 saturated heterocycles. The van der Waals surface area contributed by atoms with E-state index in [1.165, 1.54) is 30.3 Å². The highest BCUT2D eigenvalue weighted by molar-refractivity contribution is 5.94. The Morgan fingerprint density at radius 3 is 2.57 bits per heavy atom. The molecule has 0 aliphatic carbocycles. The second-order valence-electron chi connectivity index (χ2n) is 6.04. The zero-order valence-electron chi connectivity index (χ0n) is 14.8. The number of hydrogen-bond donors (Lipinski definition) is 2. The number of halogens is 1. The zero-order chi connectivity index (χ0) is 19.9. The van der Waals surface area contributed by atoms with E-state index in [0.29, 0.717) is 11.3 Å². The molecule has 3 aromatic rings. The van der Waals surface area contributed by atoms with Crippen LogP contribution in [0.4, 0.5) is 4.39 Å². The number of hydrogen-bond acceptors (Lipinski definition) is 4. The van der Waals surface area contributed by atoms with Gasteiger partial charge in [0.2, 0.25) is 0 Å². The number of ether oxygens (including phenoxy) is 1. The van der Waals surface area contributed by atoms with Crippen molar-refractivity contribution in [3.63, 3.8) is 0 Å². The Bertz CT molecular complexity index is 954. The molecule has 1 unspecified atom stereocenters. The second kappa shape index (κ2) is 8.96. The summed E-state index contributed by atoms with van der Waals surface area (Å²) in [6, 6.07) is 16.7. The summed E-state index contributed by atoms with van der Waals surface area (Å²) in [6.07, 6.45) is 0. The summed E-state index contributed by atoms with van der Waals surface area (Å²) in [5.74, 6) is -2.12. The van der Waals surface area contributed by atoms with Crippen molar-refractivity contribution in [2.75, 3.05) is 6.61 Å². The summed E-state index contributed by atoms with van der Waals surface area (Å²) < 4.78 is 24.1. The molecule has 1 aromatic heterocycles. The Labute approximate surface area is 160 Å². The molecule has 0 radical (unpaired) electrons. The van der Waals surface area contributed by atoms with Crippen molar-refractivity contribution in [1.29, 1.82) is 0 Å². The lowest BCUT2D eigenvalue weighted by Gasteiger charge is -2.14. The molecule has 7 heteroatoms. The third-order valence-electron chi connectivity index (χ3n) is 3.94. The van der Waals surface area contributed by atoms with Crippen LogP contribution in [0.15, 0.2) is 71.1 Å². The fourth-order valence-corrected chi connectivity index (χ4v) is 2.53. The van der Waals surface area contributed by atoms with Gasteiger partial charge in [-0.05, 0) is 29.8 Å². The lowest BCUT2D eigenvalue weighted by Crippen LogP contribution is -2.43. The molecule has 0 spiro atoms. The molecule has 28 heavy (non-hydrogen) atoms. The summed E-state index contributed by atoms with van der Waals surface area (Å²) in [5.41, 5.74) is 1.36. The third kappa shape index (κ3) is 5.05. The van der Waals surface area contributed by atoms with Crippen LogP contribution in [0.2, 0.25) is 0 Å². The van der Waals surface area contributed by atoms with Gasteiger partial charge in [-0.3, -0.25) is 4.79 Å². The van der Waals surface area contributed by atoms with E-state index in [4.69, 9.17) is 9.15 Å². The monoisotopic (exact) mass is 383 g/mol. The van der Waals surface area contributed by atoms with Crippen LogP contribution in [0, 0.1) is 5.82 Å². The van der Waals surface area contributed by atoms with Gasteiger partial charge in [-0.1, -0.05) is 42.5 Å². The van der Waals surface area contributed by atoms with Gasteiger partial charge in [-0.15, -0.1) is 0 Å². The summed E-state index contributed by atoms with van der Waals surface area (Å²) >= 11 is 0. The predicted molar refractivity (Wildman–Crippen MR) is 99.1 cm³/mol. The molecular weight excluding hydrogens is 365 g/mol. The summed E-state index contributed by atoms with van der Waals surface area (Å²) in [6.45, 7) is 0.0262. The maximum Gasteiger partial charge on any atom is 0.328 e. The molecule has 1 amide bonds. The van der Waals surface area contributed by atoms with Crippen LogP contribution >= 0.6 is 0 Å². The first kappa shape index (κ1) is 19.3. The number of carbonyl (C=O) groups is 2. The highest BCUT2D eigenvalue weighted by atomic mass is 19.1. The molecule has 0 fully saturated rings. The standard InChI is InChI=1S/C21H18FNO5/c22-16-8-4-7-15(11-16)18-9-10-19(28-18)20(24)23-17(21(25)26)13-27-12-14-5-2-1-3-6-14/h1-11,17H,12-13H2,(H,23,24)(H,25,26). The van der Waals surface area contributed by atoms with E-state index in [9.17, 15) is 19.1 Å². The molecule has 6 nitrogen and oxygen atoms in total. The van der Waals surface area contributed by atoms with E-state index in [0.717, 1.165) is 5.56 Å². The molecule has 2 aromatic carbocycles. The Morgan fingerprint density at radius 2 is 1.86 bits per heavy atom. The van der Waals surface area contributed by atoms with Crippen molar-refractivity contribution >= 4 is 11.9 Å². The first-order valence-corrected chi connectivity index (χ1v) is 8.54. The fraction of sp³-hybridized carbons (Fsp3) is 0.143. The largest absolute Gasteiger partial charge is 0.480 e. The van der Waals surface area contributed by atoms with Crippen LogP contribution in [0.25, 0.3) is 11.3 Å². The van der Waals surface area contributed by atoms with Gasteiger partial charge in [0.1, 0.15) is 11.6 Å². The molecule has 1 heterocycles. The summed E-state index contributed by atoms with van der Waals surface area (Å²) in [4.78, 5) is 23.7. The first-order chi connectivity index (χ1) is 13.5. The maximum atomic E-state index is 13.3. The minimum atomic E-state index is -1.24. The maximum absolute atomic E-state index is 13.3. The van der Waals surface area contributed by atoms with E-state index in [-0.39, 0.29) is 19.0 Å². The number of nitrogens with one attached hydrogen (secondary N) is 1. The number of rotatable bonds is 8. The zero-order valence-corrected chi connectivity index (χ0v) is 14.8. The normalized spacial score (nSPS) is 11.8. The fourth-order valence-electron chi connectivity index (χ4n) is 2.53. The van der Waals surface area contributed by atoms with E-state index in [1.807, 2.05) is 30.3 Å². The van der Waals surface area contributed by atoms with Gasteiger partial charge in [0, 0.05) is 5.56 Å². The number of carbonyl (C=O) groups excluding carboxylic acids is 1. The van der Waals surface area contributed by atoms with Crippen molar-refractivity contribution in [3.8, 4) is 11.3 Å². The van der Waals surface area contributed by atoms with Crippen LogP contribution in [0.5, 0.6) is 0 Å². The first-order valence-electron chi connectivity index (χ1n) is 8.54. The van der Waals surface area contributed by atoms with Crippen LogP contribution in [0.3, 0.4) is 0 Å². The van der Waals surface area contributed by atoms with Crippen molar-refractivity contribution in [3.05, 3.63) is 83.9 Å². The smallest absolute Gasteiger partial charge is 0.328 e. The molecule has 2 N–H and O–H groups in total. The molecule has 1 atom stereocenters. The van der Waals surface area contributed by atoms with Crippen molar-refractivity contribution in [2.24, 2.45) is 0 Å². The number of amides is 1. The average molecular weight is 383 g/mol. The van der Waals surface area contributed by atoms with E-state index in [1.54, 1.807) is 6.07 Å². The molecular formula is C21H18FNO5. The molecule has 0 bridgehead atoms. The van der Waals surface area contributed by atoms with Crippen molar-refractivity contribution in [1.82, 2.24) is 5.32 Å². The molecule has 0 saturated carbocycles. The second-order valence-corrected chi connectivity index (χ2v) is 6.04. The van der Waals surface area contributed by atoms with E-state index >= 15 is 0 Å². The number of benzene rings is 2. The highest BCUT2D eigenvalue weighted by Crippen LogP contribution is 2.22. The summed E-state index contributed by atoms with van der Waals surface area (Å²) in [7, 11) is 0. The van der Waals surface area contributed by atoms with Gasteiger partial charge < -0.3 is 19.6 Å². The summed E-state index contributed by atoms with van der Waals surface area (Å²) in [5, 5.41) is 11.7.